The molecular weight excluding hydrogens is 403 g/mol. The summed E-state index contributed by atoms with van der Waals surface area (Å²) in [5, 5.41) is 8.89. The van der Waals surface area contributed by atoms with Gasteiger partial charge in [0.1, 0.15) is 11.9 Å². The molecule has 1 saturated carbocycles. The minimum atomic E-state index is -3.94. The Morgan fingerprint density at radius 2 is 2.14 bits per heavy atom. The maximum Gasteiger partial charge on any atom is 0.414 e. The first-order valence-corrected chi connectivity index (χ1v) is 10.9. The minimum absolute atomic E-state index is 0.0742. The predicted octanol–water partition coefficient (Wildman–Crippen LogP) is 1.61. The van der Waals surface area contributed by atoms with E-state index in [4.69, 9.17) is 9.94 Å². The van der Waals surface area contributed by atoms with Gasteiger partial charge in [-0.1, -0.05) is 11.8 Å². The summed E-state index contributed by atoms with van der Waals surface area (Å²) in [6.45, 7) is 1.06. The number of nitrogens with one attached hydrogen (secondary N) is 1. The molecule has 3 rings (SSSR count). The van der Waals surface area contributed by atoms with Crippen LogP contribution in [0.5, 0.6) is 0 Å². The van der Waals surface area contributed by atoms with Crippen LogP contribution in [0, 0.1) is 23.6 Å². The van der Waals surface area contributed by atoms with Gasteiger partial charge in [-0.05, 0) is 38.0 Å². The summed E-state index contributed by atoms with van der Waals surface area (Å²) >= 11 is 0. The van der Waals surface area contributed by atoms with E-state index in [2.05, 4.69) is 11.8 Å². The van der Waals surface area contributed by atoms with Crippen LogP contribution in [0.25, 0.3) is 0 Å². The van der Waals surface area contributed by atoms with Crippen LogP contribution in [0.4, 0.5) is 14.9 Å². The second-order valence-corrected chi connectivity index (χ2v) is 9.92. The molecule has 0 bridgehead atoms. The summed E-state index contributed by atoms with van der Waals surface area (Å²) in [4.78, 5) is 25.3. The Balaban J connectivity index is 1.77. The van der Waals surface area contributed by atoms with Crippen LogP contribution in [0.15, 0.2) is 18.2 Å². The summed E-state index contributed by atoms with van der Waals surface area (Å²) < 4.78 is 41.7. The van der Waals surface area contributed by atoms with E-state index < -0.39 is 38.5 Å². The quantitative estimate of drug-likeness (QED) is 0.422. The molecule has 2 unspecified atom stereocenters. The first-order chi connectivity index (χ1) is 13.5. The third-order valence-corrected chi connectivity index (χ3v) is 7.13. The van der Waals surface area contributed by atoms with Crippen LogP contribution in [0.1, 0.15) is 31.7 Å². The number of hydrogen-bond acceptors (Lipinski definition) is 6. The van der Waals surface area contributed by atoms with E-state index in [9.17, 15) is 22.4 Å². The van der Waals surface area contributed by atoms with Crippen molar-refractivity contribution < 1.29 is 32.3 Å². The Kier molecular flexibility index (Phi) is 5.56. The lowest BCUT2D eigenvalue weighted by Gasteiger charge is -2.26. The van der Waals surface area contributed by atoms with Crippen molar-refractivity contribution in [3.8, 4) is 11.8 Å². The number of hydroxylamine groups is 1. The minimum Gasteiger partial charge on any atom is -0.444 e. The van der Waals surface area contributed by atoms with Gasteiger partial charge in [0.15, 0.2) is 14.6 Å². The molecule has 10 heteroatoms. The zero-order valence-electron chi connectivity index (χ0n) is 15.9. The lowest BCUT2D eigenvalue weighted by Crippen LogP contribution is -2.51. The van der Waals surface area contributed by atoms with Crippen molar-refractivity contribution in [2.45, 2.75) is 37.0 Å². The third-order valence-electron chi connectivity index (χ3n) is 5.14. The van der Waals surface area contributed by atoms with E-state index in [-0.39, 0.29) is 24.2 Å². The molecule has 8 nitrogen and oxygen atoms in total. The van der Waals surface area contributed by atoms with Crippen LogP contribution in [-0.2, 0) is 19.4 Å². The fourth-order valence-electron chi connectivity index (χ4n) is 2.98. The van der Waals surface area contributed by atoms with Gasteiger partial charge in [-0.15, -0.1) is 0 Å². The normalized spacial score (nSPS) is 21.0. The fourth-order valence-corrected chi connectivity index (χ4v) is 3.86. The topological polar surface area (TPSA) is 113 Å². The molecule has 2 amide bonds. The van der Waals surface area contributed by atoms with Crippen molar-refractivity contribution in [2.75, 3.05) is 17.7 Å². The van der Waals surface area contributed by atoms with E-state index >= 15 is 0 Å². The number of nitrogens with zero attached hydrogens (tertiary/aromatic N) is 1. The number of rotatable bonds is 5. The first-order valence-electron chi connectivity index (χ1n) is 8.98. The highest BCUT2D eigenvalue weighted by molar-refractivity contribution is 7.92. The third kappa shape index (κ3) is 4.36. The Bertz CT molecular complexity index is 1010. The summed E-state index contributed by atoms with van der Waals surface area (Å²) in [6, 6.07) is 4.16. The molecule has 2 aliphatic rings. The van der Waals surface area contributed by atoms with E-state index in [1.165, 1.54) is 17.6 Å². The highest BCUT2D eigenvalue weighted by Gasteiger charge is 2.48. The van der Waals surface area contributed by atoms with Gasteiger partial charge in [-0.25, -0.2) is 23.1 Å². The molecule has 1 aromatic carbocycles. The summed E-state index contributed by atoms with van der Waals surface area (Å²) in [5.41, 5.74) is 1.81. The van der Waals surface area contributed by atoms with E-state index in [0.717, 1.165) is 37.0 Å². The molecule has 156 valence electrons. The lowest BCUT2D eigenvalue weighted by atomic mass is 10.0. The van der Waals surface area contributed by atoms with Crippen LogP contribution in [0.2, 0.25) is 0 Å². The molecule has 1 aliphatic carbocycles. The molecule has 2 atom stereocenters. The van der Waals surface area contributed by atoms with Gasteiger partial charge >= 0.3 is 6.09 Å². The van der Waals surface area contributed by atoms with Crippen molar-refractivity contribution in [1.82, 2.24) is 5.48 Å². The first kappa shape index (κ1) is 21.1. The number of cyclic esters (lactones) is 1. The smallest absolute Gasteiger partial charge is 0.414 e. The highest BCUT2D eigenvalue weighted by atomic mass is 32.2. The highest BCUT2D eigenvalue weighted by Crippen LogP contribution is 2.31. The van der Waals surface area contributed by atoms with Crippen LogP contribution in [-0.4, -0.2) is 49.3 Å². The van der Waals surface area contributed by atoms with Crippen LogP contribution < -0.4 is 10.4 Å². The fraction of sp³-hybridized carbons (Fsp3) is 0.474. The maximum absolute atomic E-state index is 14.3. The number of ether oxygens (including phenoxy) is 1. The van der Waals surface area contributed by atoms with Crippen molar-refractivity contribution in [3.05, 3.63) is 29.6 Å². The number of carbonyl (C=O) groups is 2. The van der Waals surface area contributed by atoms with Gasteiger partial charge in [0.05, 0.1) is 17.8 Å². The second kappa shape index (κ2) is 7.65. The Hall–Kier alpha value is -2.64. The Labute approximate surface area is 167 Å². The van der Waals surface area contributed by atoms with Crippen molar-refractivity contribution in [1.29, 1.82) is 0 Å². The zero-order valence-corrected chi connectivity index (χ0v) is 16.8. The molecular formula is C19H21FN2O6S. The van der Waals surface area contributed by atoms with Crippen molar-refractivity contribution >= 4 is 27.5 Å². The van der Waals surface area contributed by atoms with E-state index in [0.29, 0.717) is 5.92 Å². The van der Waals surface area contributed by atoms with Crippen molar-refractivity contribution in [2.24, 2.45) is 5.92 Å². The average molecular weight is 424 g/mol. The molecule has 2 N–H and O–H groups in total. The molecule has 0 spiro atoms. The summed E-state index contributed by atoms with van der Waals surface area (Å²) in [7, 11) is -3.94. The van der Waals surface area contributed by atoms with Gasteiger partial charge in [0.2, 0.25) is 0 Å². The van der Waals surface area contributed by atoms with Crippen LogP contribution >= 0.6 is 0 Å². The van der Waals surface area contributed by atoms with E-state index in [1.54, 1.807) is 0 Å². The molecule has 1 saturated heterocycles. The lowest BCUT2D eigenvalue weighted by molar-refractivity contribution is -0.132. The number of sulfone groups is 1. The monoisotopic (exact) mass is 424 g/mol. The Morgan fingerprint density at radius 3 is 2.69 bits per heavy atom. The van der Waals surface area contributed by atoms with Gasteiger partial charge in [0.25, 0.3) is 5.91 Å². The maximum atomic E-state index is 14.3. The largest absolute Gasteiger partial charge is 0.444 e. The average Bonchev–Trinajstić information content (AvgIpc) is 3.40. The second-order valence-electron chi connectivity index (χ2n) is 7.47. The van der Waals surface area contributed by atoms with Gasteiger partial charge in [-0.2, -0.15) is 0 Å². The Morgan fingerprint density at radius 1 is 1.45 bits per heavy atom. The number of carbonyl (C=O) groups excluding carboxylic acids is 2. The standard InChI is InChI=1S/C19H21FN2O6S/c1-19(17(23)21-25,29(2,26)27)10-15-11-22(18(24)28-15)14-8-7-13(16(20)9-14)6-5-12-3-4-12/h7-9,12,15,25H,3-4,10-11H2,1-2H3,(H,21,23). The zero-order chi connectivity index (χ0) is 21.4. The molecule has 1 heterocycles. The molecule has 1 aliphatic heterocycles. The molecule has 2 fully saturated rings. The van der Waals surface area contributed by atoms with Gasteiger partial charge < -0.3 is 4.74 Å². The molecule has 1 aromatic rings. The number of hydrogen-bond donors (Lipinski definition) is 2. The van der Waals surface area contributed by atoms with Gasteiger partial charge in [0, 0.05) is 18.6 Å². The van der Waals surface area contributed by atoms with E-state index in [1.807, 2.05) is 0 Å². The predicted molar refractivity (Wildman–Crippen MR) is 101 cm³/mol. The number of benzene rings is 1. The molecule has 29 heavy (non-hydrogen) atoms. The number of anilines is 1. The number of halogens is 1. The van der Waals surface area contributed by atoms with Crippen molar-refractivity contribution in [3.63, 3.8) is 0 Å². The summed E-state index contributed by atoms with van der Waals surface area (Å²) in [5.74, 6) is 4.37. The SMILES string of the molecule is CC(CC1CN(c2ccc(C#CC3CC3)c(F)c2)C(=O)O1)(C(=O)NO)S(C)(=O)=O. The molecule has 0 aromatic heterocycles. The molecule has 0 radical (unpaired) electrons. The van der Waals surface area contributed by atoms with Crippen LogP contribution in [0.3, 0.4) is 0 Å². The van der Waals surface area contributed by atoms with Gasteiger partial charge in [-0.3, -0.25) is 14.9 Å². The number of amides is 2. The summed E-state index contributed by atoms with van der Waals surface area (Å²) in [6.07, 6.45) is 0.799.